The Morgan fingerprint density at radius 1 is 1.19 bits per heavy atom. The van der Waals surface area contributed by atoms with Crippen molar-refractivity contribution >= 4 is 11.7 Å². The van der Waals surface area contributed by atoms with Crippen molar-refractivity contribution in [2.45, 2.75) is 51.4 Å². The van der Waals surface area contributed by atoms with Crippen molar-refractivity contribution in [1.29, 1.82) is 0 Å². The summed E-state index contributed by atoms with van der Waals surface area (Å²) in [5.74, 6) is 2.18. The first-order valence-corrected chi connectivity index (χ1v) is 8.21. The first-order chi connectivity index (χ1) is 10.3. The van der Waals surface area contributed by atoms with Crippen LogP contribution < -0.4 is 10.1 Å². The molecule has 1 N–H and O–H groups in total. The van der Waals surface area contributed by atoms with E-state index in [2.05, 4.69) is 10.3 Å². The van der Waals surface area contributed by atoms with Gasteiger partial charge in [0, 0.05) is 12.1 Å². The quantitative estimate of drug-likeness (QED) is 0.897. The van der Waals surface area contributed by atoms with Gasteiger partial charge in [0.2, 0.25) is 5.91 Å². The second-order valence-corrected chi connectivity index (χ2v) is 6.28. The molecule has 21 heavy (non-hydrogen) atoms. The molecule has 1 aromatic rings. The summed E-state index contributed by atoms with van der Waals surface area (Å²) in [4.78, 5) is 16.3. The van der Waals surface area contributed by atoms with Crippen LogP contribution in [0.5, 0.6) is 5.75 Å². The molecule has 0 unspecified atom stereocenters. The number of pyridine rings is 1. The van der Waals surface area contributed by atoms with E-state index < -0.39 is 0 Å². The van der Waals surface area contributed by atoms with Crippen molar-refractivity contribution in [2.24, 2.45) is 11.8 Å². The Balaban J connectivity index is 1.57. The van der Waals surface area contributed by atoms with Crippen molar-refractivity contribution in [3.05, 3.63) is 18.3 Å². The van der Waals surface area contributed by atoms with Crippen LogP contribution in [0.1, 0.15) is 51.4 Å². The summed E-state index contributed by atoms with van der Waals surface area (Å²) in [6, 6.07) is 3.75. The highest BCUT2D eigenvalue weighted by Gasteiger charge is 2.26. The van der Waals surface area contributed by atoms with Crippen molar-refractivity contribution in [1.82, 2.24) is 4.98 Å². The standard InChI is InChI=1S/C17H24N2O2/c20-17(14-8-4-9-14)19-16-15(10-5-11-18-16)21-12-13-6-2-1-3-7-13/h5,10-11,13-14H,1-4,6-9,12H2,(H,18,19,20). The minimum atomic E-state index is 0.0856. The molecule has 114 valence electrons. The molecule has 2 saturated carbocycles. The van der Waals surface area contributed by atoms with Gasteiger partial charge in [0.15, 0.2) is 11.6 Å². The molecule has 1 heterocycles. The lowest BCUT2D eigenvalue weighted by molar-refractivity contribution is -0.122. The fourth-order valence-corrected chi connectivity index (χ4v) is 3.05. The zero-order valence-electron chi connectivity index (χ0n) is 12.5. The summed E-state index contributed by atoms with van der Waals surface area (Å²) in [5.41, 5.74) is 0. The van der Waals surface area contributed by atoms with E-state index >= 15 is 0 Å². The highest BCUT2D eigenvalue weighted by atomic mass is 16.5. The summed E-state index contributed by atoms with van der Waals surface area (Å²) in [6.07, 6.45) is 11.3. The van der Waals surface area contributed by atoms with E-state index in [4.69, 9.17) is 4.74 Å². The van der Waals surface area contributed by atoms with Crippen molar-refractivity contribution in [3.8, 4) is 5.75 Å². The highest BCUT2D eigenvalue weighted by Crippen LogP contribution is 2.30. The van der Waals surface area contributed by atoms with Crippen LogP contribution in [0.4, 0.5) is 5.82 Å². The summed E-state index contributed by atoms with van der Waals surface area (Å²) >= 11 is 0. The maximum atomic E-state index is 12.0. The Labute approximate surface area is 126 Å². The van der Waals surface area contributed by atoms with Gasteiger partial charge >= 0.3 is 0 Å². The number of hydrogen-bond donors (Lipinski definition) is 1. The molecule has 0 aromatic carbocycles. The SMILES string of the molecule is O=C(Nc1ncccc1OCC1CCCCC1)C1CCC1. The number of carbonyl (C=O) groups excluding carboxylic acids is 1. The average Bonchev–Trinajstić information content (AvgIpc) is 2.45. The summed E-state index contributed by atoms with van der Waals surface area (Å²) < 4.78 is 5.93. The van der Waals surface area contributed by atoms with Gasteiger partial charge in [0.1, 0.15) is 0 Å². The van der Waals surface area contributed by atoms with E-state index in [-0.39, 0.29) is 11.8 Å². The van der Waals surface area contributed by atoms with Gasteiger partial charge in [-0.05, 0) is 43.7 Å². The average molecular weight is 288 g/mol. The number of carbonyl (C=O) groups is 1. The third kappa shape index (κ3) is 3.74. The van der Waals surface area contributed by atoms with Crippen LogP contribution >= 0.6 is 0 Å². The normalized spacial score (nSPS) is 19.8. The van der Waals surface area contributed by atoms with Gasteiger partial charge in [-0.15, -0.1) is 0 Å². The first-order valence-electron chi connectivity index (χ1n) is 8.21. The van der Waals surface area contributed by atoms with Crippen LogP contribution in [0, 0.1) is 11.8 Å². The zero-order valence-corrected chi connectivity index (χ0v) is 12.5. The minimum absolute atomic E-state index is 0.0856. The highest BCUT2D eigenvalue weighted by molar-refractivity contribution is 5.93. The van der Waals surface area contributed by atoms with E-state index in [9.17, 15) is 4.79 Å². The van der Waals surface area contributed by atoms with E-state index in [0.717, 1.165) is 25.9 Å². The van der Waals surface area contributed by atoms with E-state index in [1.54, 1.807) is 6.20 Å². The van der Waals surface area contributed by atoms with Crippen LogP contribution in [0.15, 0.2) is 18.3 Å². The monoisotopic (exact) mass is 288 g/mol. The van der Waals surface area contributed by atoms with Gasteiger partial charge in [0.25, 0.3) is 0 Å². The molecule has 2 fully saturated rings. The molecule has 0 saturated heterocycles. The largest absolute Gasteiger partial charge is 0.489 e. The topological polar surface area (TPSA) is 51.2 Å². The fraction of sp³-hybridized carbons (Fsp3) is 0.647. The molecule has 0 atom stereocenters. The van der Waals surface area contributed by atoms with E-state index in [1.165, 1.54) is 32.1 Å². The van der Waals surface area contributed by atoms with E-state index in [0.29, 0.717) is 17.5 Å². The van der Waals surface area contributed by atoms with Crippen molar-refractivity contribution in [3.63, 3.8) is 0 Å². The first kappa shape index (κ1) is 14.4. The van der Waals surface area contributed by atoms with Gasteiger partial charge in [-0.3, -0.25) is 4.79 Å². The molecule has 4 nitrogen and oxygen atoms in total. The smallest absolute Gasteiger partial charge is 0.228 e. The molecular formula is C17H24N2O2. The van der Waals surface area contributed by atoms with E-state index in [1.807, 2.05) is 12.1 Å². The Bertz CT molecular complexity index is 479. The van der Waals surface area contributed by atoms with Crippen LogP contribution in [-0.2, 0) is 4.79 Å². The number of rotatable bonds is 5. The number of ether oxygens (including phenoxy) is 1. The molecule has 0 aliphatic heterocycles. The summed E-state index contributed by atoms with van der Waals surface area (Å²) in [5, 5.41) is 2.93. The van der Waals surface area contributed by atoms with Gasteiger partial charge < -0.3 is 10.1 Å². The maximum absolute atomic E-state index is 12.0. The van der Waals surface area contributed by atoms with Crippen LogP contribution in [0.2, 0.25) is 0 Å². The molecule has 0 bridgehead atoms. The molecule has 1 aromatic heterocycles. The lowest BCUT2D eigenvalue weighted by Crippen LogP contribution is -2.28. The number of aromatic nitrogens is 1. The minimum Gasteiger partial charge on any atom is -0.489 e. The molecular weight excluding hydrogens is 264 g/mol. The van der Waals surface area contributed by atoms with Gasteiger partial charge in [-0.25, -0.2) is 4.98 Å². The third-order valence-corrected chi connectivity index (χ3v) is 4.69. The number of hydrogen-bond acceptors (Lipinski definition) is 3. The molecule has 1 amide bonds. The van der Waals surface area contributed by atoms with Gasteiger partial charge in [-0.1, -0.05) is 25.7 Å². The molecule has 2 aliphatic carbocycles. The third-order valence-electron chi connectivity index (χ3n) is 4.69. The van der Waals surface area contributed by atoms with Crippen LogP contribution in [0.25, 0.3) is 0 Å². The number of amides is 1. The molecule has 2 aliphatic rings. The molecule has 0 spiro atoms. The molecule has 4 heteroatoms. The predicted molar refractivity (Wildman–Crippen MR) is 82.3 cm³/mol. The predicted octanol–water partition coefficient (Wildman–Crippen LogP) is 3.78. The Morgan fingerprint density at radius 3 is 2.71 bits per heavy atom. The maximum Gasteiger partial charge on any atom is 0.228 e. The number of nitrogens with one attached hydrogen (secondary N) is 1. The number of nitrogens with zero attached hydrogens (tertiary/aromatic N) is 1. The second-order valence-electron chi connectivity index (χ2n) is 6.28. The zero-order chi connectivity index (χ0) is 14.5. The summed E-state index contributed by atoms with van der Waals surface area (Å²) in [7, 11) is 0. The number of anilines is 1. The van der Waals surface area contributed by atoms with Crippen molar-refractivity contribution in [2.75, 3.05) is 11.9 Å². The van der Waals surface area contributed by atoms with Crippen LogP contribution in [0.3, 0.4) is 0 Å². The molecule has 3 rings (SSSR count). The fourth-order valence-electron chi connectivity index (χ4n) is 3.05. The summed E-state index contributed by atoms with van der Waals surface area (Å²) in [6.45, 7) is 0.734. The Hall–Kier alpha value is -1.58. The Kier molecular flexibility index (Phi) is 4.73. The second kappa shape index (κ2) is 6.92. The Morgan fingerprint density at radius 2 is 2.00 bits per heavy atom. The van der Waals surface area contributed by atoms with Crippen molar-refractivity contribution < 1.29 is 9.53 Å². The molecule has 0 radical (unpaired) electrons. The van der Waals surface area contributed by atoms with Gasteiger partial charge in [0.05, 0.1) is 6.61 Å². The lowest BCUT2D eigenvalue weighted by atomic mass is 9.85. The van der Waals surface area contributed by atoms with Crippen LogP contribution in [-0.4, -0.2) is 17.5 Å². The lowest BCUT2D eigenvalue weighted by Gasteiger charge is -2.25. The van der Waals surface area contributed by atoms with Gasteiger partial charge in [-0.2, -0.15) is 0 Å².